The molecular weight excluding hydrogens is 460 g/mol. The number of hydrogen-bond donors (Lipinski definition) is 2. The summed E-state index contributed by atoms with van der Waals surface area (Å²) in [5, 5.41) is 2.73. The summed E-state index contributed by atoms with van der Waals surface area (Å²) in [5.41, 5.74) is 1.11. The minimum Gasteiger partial charge on any atom is -0.495 e. The molecule has 0 aliphatic heterocycles. The zero-order valence-corrected chi connectivity index (χ0v) is 18.1. The molecule has 2 aromatic carbocycles. The molecule has 3 aromatic rings. The van der Waals surface area contributed by atoms with Crippen molar-refractivity contribution in [3.8, 4) is 17.1 Å². The first kappa shape index (κ1) is 21.1. The average molecular weight is 479 g/mol. The molecule has 0 bridgehead atoms. The first-order valence-corrected chi connectivity index (χ1v) is 10.9. The Hall–Kier alpha value is -2.62. The normalized spacial score (nSPS) is 11.3. The molecule has 29 heavy (non-hydrogen) atoms. The van der Waals surface area contributed by atoms with Crippen LogP contribution in [-0.2, 0) is 16.6 Å². The van der Waals surface area contributed by atoms with Crippen LogP contribution >= 0.6 is 15.9 Å². The maximum absolute atomic E-state index is 12.5. The van der Waals surface area contributed by atoms with Crippen molar-refractivity contribution in [2.45, 2.75) is 11.4 Å². The zero-order chi connectivity index (χ0) is 21.0. The fourth-order valence-electron chi connectivity index (χ4n) is 2.65. The highest BCUT2D eigenvalue weighted by atomic mass is 79.9. The number of rotatable bonds is 7. The molecule has 1 heterocycles. The van der Waals surface area contributed by atoms with E-state index in [9.17, 15) is 13.2 Å². The Balaban J connectivity index is 1.73. The number of benzene rings is 2. The number of halogens is 1. The minimum atomic E-state index is -3.77. The van der Waals surface area contributed by atoms with Crippen LogP contribution in [0.2, 0.25) is 0 Å². The lowest BCUT2D eigenvalue weighted by Crippen LogP contribution is -2.24. The summed E-state index contributed by atoms with van der Waals surface area (Å²) >= 11 is 3.39. The molecule has 0 aliphatic carbocycles. The van der Waals surface area contributed by atoms with Gasteiger partial charge in [0.05, 0.1) is 13.7 Å². The molecule has 0 saturated carbocycles. The van der Waals surface area contributed by atoms with Gasteiger partial charge in [0.2, 0.25) is 10.0 Å². The molecule has 0 spiro atoms. The van der Waals surface area contributed by atoms with E-state index < -0.39 is 15.9 Å². The van der Waals surface area contributed by atoms with Gasteiger partial charge < -0.3 is 14.5 Å². The van der Waals surface area contributed by atoms with E-state index in [1.807, 2.05) is 30.3 Å². The Kier molecular flexibility index (Phi) is 6.41. The largest absolute Gasteiger partial charge is 0.495 e. The van der Waals surface area contributed by atoms with E-state index in [0.717, 1.165) is 10.0 Å². The van der Waals surface area contributed by atoms with Crippen molar-refractivity contribution in [3.63, 3.8) is 0 Å². The number of furan rings is 1. The summed E-state index contributed by atoms with van der Waals surface area (Å²) in [6.45, 7) is 0.162. The van der Waals surface area contributed by atoms with Gasteiger partial charge in [0.1, 0.15) is 22.2 Å². The molecule has 0 fully saturated rings. The topological polar surface area (TPSA) is 97.6 Å². The Bertz CT molecular complexity index is 1120. The molecule has 0 aliphatic rings. The van der Waals surface area contributed by atoms with Crippen LogP contribution in [0.25, 0.3) is 11.3 Å². The maximum atomic E-state index is 12.5. The summed E-state index contributed by atoms with van der Waals surface area (Å²) in [7, 11) is -1.11. The summed E-state index contributed by atoms with van der Waals surface area (Å²) in [5.74, 6) is 0.990. The summed E-state index contributed by atoms with van der Waals surface area (Å²) < 4.78 is 38.4. The second-order valence-corrected chi connectivity index (χ2v) is 8.80. The van der Waals surface area contributed by atoms with Gasteiger partial charge in [-0.3, -0.25) is 4.79 Å². The van der Waals surface area contributed by atoms with E-state index in [2.05, 4.69) is 26.0 Å². The molecule has 1 amide bonds. The molecule has 7 nitrogen and oxygen atoms in total. The van der Waals surface area contributed by atoms with Crippen LogP contribution in [0.5, 0.6) is 5.75 Å². The Labute approximate surface area is 177 Å². The Morgan fingerprint density at radius 3 is 2.48 bits per heavy atom. The van der Waals surface area contributed by atoms with Crippen molar-refractivity contribution in [1.29, 1.82) is 0 Å². The van der Waals surface area contributed by atoms with Crippen LogP contribution in [0.3, 0.4) is 0 Å². The highest BCUT2D eigenvalue weighted by Crippen LogP contribution is 2.26. The summed E-state index contributed by atoms with van der Waals surface area (Å²) in [4.78, 5) is 12.4. The van der Waals surface area contributed by atoms with Gasteiger partial charge in [0.15, 0.2) is 0 Å². The number of methoxy groups -OCH3 is 1. The van der Waals surface area contributed by atoms with E-state index in [4.69, 9.17) is 9.15 Å². The van der Waals surface area contributed by atoms with E-state index in [1.165, 1.54) is 32.4 Å². The first-order valence-electron chi connectivity index (χ1n) is 8.58. The molecule has 1 aromatic heterocycles. The molecule has 9 heteroatoms. The summed E-state index contributed by atoms with van der Waals surface area (Å²) in [6.07, 6.45) is 0. The van der Waals surface area contributed by atoms with Crippen LogP contribution in [0, 0.1) is 0 Å². The molecule has 3 rings (SSSR count). The number of hydrogen-bond acceptors (Lipinski definition) is 5. The van der Waals surface area contributed by atoms with Crippen molar-refractivity contribution in [1.82, 2.24) is 10.0 Å². The standard InChI is InChI=1S/C20H19BrN2O5S/c1-22-29(25,26)19-11-14(5-9-18(19)27-2)20(24)23-12-16-8-10-17(28-16)13-3-6-15(21)7-4-13/h3-11,22H,12H2,1-2H3,(H,23,24). The predicted octanol–water partition coefficient (Wildman–Crippen LogP) is 3.56. The lowest BCUT2D eigenvalue weighted by atomic mass is 10.2. The Morgan fingerprint density at radius 2 is 1.83 bits per heavy atom. The predicted molar refractivity (Wildman–Crippen MR) is 112 cm³/mol. The lowest BCUT2D eigenvalue weighted by Gasteiger charge is -2.11. The maximum Gasteiger partial charge on any atom is 0.251 e. The molecule has 0 unspecified atom stereocenters. The van der Waals surface area contributed by atoms with Gasteiger partial charge >= 0.3 is 0 Å². The SMILES string of the molecule is CNS(=O)(=O)c1cc(C(=O)NCc2ccc(-c3ccc(Br)cc3)o2)ccc1OC. The average Bonchev–Trinajstić information content (AvgIpc) is 3.21. The van der Waals surface area contributed by atoms with Crippen molar-refractivity contribution in [2.24, 2.45) is 0 Å². The van der Waals surface area contributed by atoms with Gasteiger partial charge in [-0.2, -0.15) is 0 Å². The minimum absolute atomic E-state index is 0.106. The zero-order valence-electron chi connectivity index (χ0n) is 15.7. The van der Waals surface area contributed by atoms with Gasteiger partial charge in [-0.15, -0.1) is 0 Å². The van der Waals surface area contributed by atoms with Crippen molar-refractivity contribution in [3.05, 3.63) is 70.4 Å². The van der Waals surface area contributed by atoms with Crippen LogP contribution in [-0.4, -0.2) is 28.5 Å². The third-order valence-corrected chi connectivity index (χ3v) is 6.16. The smallest absolute Gasteiger partial charge is 0.251 e. The summed E-state index contributed by atoms with van der Waals surface area (Å²) in [6, 6.07) is 15.5. The number of amides is 1. The van der Waals surface area contributed by atoms with E-state index in [0.29, 0.717) is 11.5 Å². The molecule has 152 valence electrons. The fourth-order valence-corrected chi connectivity index (χ4v) is 3.83. The number of sulfonamides is 1. The van der Waals surface area contributed by atoms with Crippen molar-refractivity contribution < 1.29 is 22.4 Å². The van der Waals surface area contributed by atoms with Gasteiger partial charge in [-0.05, 0) is 49.5 Å². The number of carbonyl (C=O) groups is 1. The third kappa shape index (κ3) is 4.87. The van der Waals surface area contributed by atoms with Gasteiger partial charge in [0.25, 0.3) is 5.91 Å². The monoisotopic (exact) mass is 478 g/mol. The van der Waals surface area contributed by atoms with Crippen LogP contribution in [0.15, 0.2) is 68.4 Å². The molecule has 0 atom stereocenters. The second kappa shape index (κ2) is 8.81. The fraction of sp³-hybridized carbons (Fsp3) is 0.150. The number of carbonyl (C=O) groups excluding carboxylic acids is 1. The van der Waals surface area contributed by atoms with Crippen LogP contribution in [0.1, 0.15) is 16.1 Å². The number of nitrogens with one attached hydrogen (secondary N) is 2. The number of ether oxygens (including phenoxy) is 1. The van der Waals surface area contributed by atoms with Gasteiger partial charge in [-0.1, -0.05) is 28.1 Å². The highest BCUT2D eigenvalue weighted by molar-refractivity contribution is 9.10. The van der Waals surface area contributed by atoms with E-state index in [1.54, 1.807) is 6.07 Å². The van der Waals surface area contributed by atoms with Crippen LogP contribution < -0.4 is 14.8 Å². The molecule has 0 saturated heterocycles. The van der Waals surface area contributed by atoms with Crippen molar-refractivity contribution in [2.75, 3.05) is 14.2 Å². The lowest BCUT2D eigenvalue weighted by molar-refractivity contribution is 0.0948. The highest BCUT2D eigenvalue weighted by Gasteiger charge is 2.20. The Morgan fingerprint density at radius 1 is 1.10 bits per heavy atom. The van der Waals surface area contributed by atoms with Crippen molar-refractivity contribution >= 4 is 31.9 Å². The van der Waals surface area contributed by atoms with E-state index in [-0.39, 0.29) is 22.8 Å². The van der Waals surface area contributed by atoms with Gasteiger partial charge in [0, 0.05) is 15.6 Å². The molecule has 0 radical (unpaired) electrons. The molecular formula is C20H19BrN2O5S. The third-order valence-electron chi connectivity index (χ3n) is 4.20. The van der Waals surface area contributed by atoms with Gasteiger partial charge in [-0.25, -0.2) is 13.1 Å². The van der Waals surface area contributed by atoms with Crippen LogP contribution in [0.4, 0.5) is 0 Å². The quantitative estimate of drug-likeness (QED) is 0.540. The molecule has 2 N–H and O–H groups in total. The van der Waals surface area contributed by atoms with E-state index >= 15 is 0 Å². The first-order chi connectivity index (χ1) is 13.8. The second-order valence-electron chi connectivity index (χ2n) is 6.03.